The Kier molecular flexibility index (Phi) is 5.70. The van der Waals surface area contributed by atoms with Gasteiger partial charge in [-0.2, -0.15) is 5.10 Å². The minimum atomic E-state index is 0.849. The molecule has 3 nitrogen and oxygen atoms in total. The molecule has 5 heteroatoms. The summed E-state index contributed by atoms with van der Waals surface area (Å²) in [7, 11) is 0. The lowest BCUT2D eigenvalue weighted by Gasteiger charge is -2.33. The summed E-state index contributed by atoms with van der Waals surface area (Å²) in [4.78, 5) is 2.42. The van der Waals surface area contributed by atoms with Crippen molar-refractivity contribution < 1.29 is 0 Å². The van der Waals surface area contributed by atoms with Crippen LogP contribution in [0.2, 0.25) is 5.02 Å². The maximum Gasteiger partial charge on any atom is 0.0554 e. The van der Waals surface area contributed by atoms with E-state index in [2.05, 4.69) is 43.1 Å². The molecule has 1 aliphatic rings. The zero-order valence-corrected chi connectivity index (χ0v) is 15.2. The Bertz CT molecular complexity index is 681. The lowest BCUT2D eigenvalue weighted by Crippen LogP contribution is -2.43. The Morgan fingerprint density at radius 2 is 1.70 bits per heavy atom. The van der Waals surface area contributed by atoms with E-state index in [0.717, 1.165) is 47.8 Å². The van der Waals surface area contributed by atoms with Gasteiger partial charge in [-0.3, -0.25) is 9.91 Å². The van der Waals surface area contributed by atoms with Crippen LogP contribution in [0.15, 0.2) is 58.1 Å². The molecular formula is C18H19BrClN3. The highest BCUT2D eigenvalue weighted by Gasteiger charge is 2.16. The van der Waals surface area contributed by atoms with Crippen LogP contribution in [0.5, 0.6) is 0 Å². The third-order valence-electron chi connectivity index (χ3n) is 3.97. The van der Waals surface area contributed by atoms with Crippen LogP contribution < -0.4 is 0 Å². The quantitative estimate of drug-likeness (QED) is 0.724. The summed E-state index contributed by atoms with van der Waals surface area (Å²) in [6, 6.07) is 16.2. The zero-order chi connectivity index (χ0) is 16.1. The van der Waals surface area contributed by atoms with E-state index < -0.39 is 0 Å². The van der Waals surface area contributed by atoms with Crippen LogP contribution in [-0.2, 0) is 6.54 Å². The molecule has 1 saturated heterocycles. The van der Waals surface area contributed by atoms with Crippen LogP contribution in [0.4, 0.5) is 0 Å². The van der Waals surface area contributed by atoms with Crippen LogP contribution in [0.25, 0.3) is 0 Å². The highest BCUT2D eigenvalue weighted by molar-refractivity contribution is 9.10. The molecule has 23 heavy (non-hydrogen) atoms. The summed E-state index contributed by atoms with van der Waals surface area (Å²) in [6.45, 7) is 4.77. The molecule has 2 aromatic rings. The molecule has 0 spiro atoms. The molecule has 0 N–H and O–H groups in total. The molecule has 0 saturated carbocycles. The molecule has 0 aromatic heterocycles. The van der Waals surface area contributed by atoms with Gasteiger partial charge in [0, 0.05) is 47.8 Å². The van der Waals surface area contributed by atoms with Crippen molar-refractivity contribution in [2.24, 2.45) is 5.10 Å². The molecule has 120 valence electrons. The third kappa shape index (κ3) is 4.56. The topological polar surface area (TPSA) is 18.8 Å². The molecule has 3 rings (SSSR count). The lowest BCUT2D eigenvalue weighted by molar-refractivity contribution is 0.131. The molecule has 1 aliphatic heterocycles. The summed E-state index contributed by atoms with van der Waals surface area (Å²) in [5.41, 5.74) is 2.30. The maximum absolute atomic E-state index is 6.24. The van der Waals surface area contributed by atoms with E-state index in [9.17, 15) is 0 Å². The van der Waals surface area contributed by atoms with Crippen LogP contribution in [0.1, 0.15) is 11.1 Å². The largest absolute Gasteiger partial charge is 0.295 e. The highest BCUT2D eigenvalue weighted by Crippen LogP contribution is 2.18. The molecular weight excluding hydrogens is 374 g/mol. The van der Waals surface area contributed by atoms with E-state index in [1.165, 1.54) is 5.56 Å². The van der Waals surface area contributed by atoms with Crippen molar-refractivity contribution in [3.8, 4) is 0 Å². The van der Waals surface area contributed by atoms with Gasteiger partial charge in [0.25, 0.3) is 0 Å². The van der Waals surface area contributed by atoms with Crippen molar-refractivity contribution in [1.82, 2.24) is 9.91 Å². The number of rotatable bonds is 4. The SMILES string of the molecule is Clc1ccccc1CN1CCN(/N=C/c2ccccc2Br)CC1. The summed E-state index contributed by atoms with van der Waals surface area (Å²) < 4.78 is 1.07. The van der Waals surface area contributed by atoms with Crippen LogP contribution in [0.3, 0.4) is 0 Å². The van der Waals surface area contributed by atoms with Crippen molar-refractivity contribution in [3.63, 3.8) is 0 Å². The number of nitrogens with zero attached hydrogens (tertiary/aromatic N) is 3. The number of benzene rings is 2. The number of hydrazone groups is 1. The van der Waals surface area contributed by atoms with E-state index in [-0.39, 0.29) is 0 Å². The summed E-state index contributed by atoms with van der Waals surface area (Å²) in [5.74, 6) is 0. The molecule has 0 radical (unpaired) electrons. The number of halogens is 2. The first-order valence-electron chi connectivity index (χ1n) is 7.71. The second kappa shape index (κ2) is 7.95. The van der Waals surface area contributed by atoms with Crippen molar-refractivity contribution in [1.29, 1.82) is 0 Å². The van der Waals surface area contributed by atoms with Gasteiger partial charge in [-0.1, -0.05) is 63.9 Å². The molecule has 0 aliphatic carbocycles. The number of hydrogen-bond acceptors (Lipinski definition) is 3. The first kappa shape index (κ1) is 16.5. The highest BCUT2D eigenvalue weighted by atomic mass is 79.9. The fraction of sp³-hybridized carbons (Fsp3) is 0.278. The molecule has 0 bridgehead atoms. The fourth-order valence-electron chi connectivity index (χ4n) is 2.60. The normalized spacial score (nSPS) is 16.2. The van der Waals surface area contributed by atoms with Crippen LogP contribution >= 0.6 is 27.5 Å². The molecule has 1 fully saturated rings. The molecule has 0 unspecified atom stereocenters. The second-order valence-corrected chi connectivity index (χ2v) is 6.85. The molecule has 0 amide bonds. The number of piperazine rings is 1. The summed E-state index contributed by atoms with van der Waals surface area (Å²) in [5, 5.41) is 7.58. The first-order chi connectivity index (χ1) is 11.2. The predicted octanol–water partition coefficient (Wildman–Crippen LogP) is 4.25. The smallest absolute Gasteiger partial charge is 0.0554 e. The van der Waals surface area contributed by atoms with Crippen molar-refractivity contribution >= 4 is 33.7 Å². The molecule has 2 aromatic carbocycles. The van der Waals surface area contributed by atoms with Gasteiger partial charge in [-0.15, -0.1) is 0 Å². The van der Waals surface area contributed by atoms with Gasteiger partial charge in [0.1, 0.15) is 0 Å². The maximum atomic E-state index is 6.24. The Hall–Kier alpha value is -1.36. The minimum absolute atomic E-state index is 0.849. The van der Waals surface area contributed by atoms with Gasteiger partial charge in [0.2, 0.25) is 0 Å². The lowest BCUT2D eigenvalue weighted by atomic mass is 10.2. The number of hydrogen-bond donors (Lipinski definition) is 0. The minimum Gasteiger partial charge on any atom is -0.295 e. The van der Waals surface area contributed by atoms with E-state index in [4.69, 9.17) is 11.6 Å². The van der Waals surface area contributed by atoms with Gasteiger partial charge >= 0.3 is 0 Å². The van der Waals surface area contributed by atoms with Crippen LogP contribution in [0, 0.1) is 0 Å². The average Bonchev–Trinajstić information content (AvgIpc) is 2.57. The van der Waals surface area contributed by atoms with Gasteiger partial charge < -0.3 is 0 Å². The standard InChI is InChI=1S/C18H19BrClN3/c19-17-7-3-1-5-15(17)13-21-23-11-9-22(10-12-23)14-16-6-2-4-8-18(16)20/h1-8,13H,9-12,14H2/b21-13+. The Morgan fingerprint density at radius 1 is 1.00 bits per heavy atom. The average molecular weight is 393 g/mol. The van der Waals surface area contributed by atoms with Gasteiger partial charge in [0.15, 0.2) is 0 Å². The second-order valence-electron chi connectivity index (χ2n) is 5.59. The van der Waals surface area contributed by atoms with Gasteiger partial charge in [-0.25, -0.2) is 0 Å². The molecule has 1 heterocycles. The van der Waals surface area contributed by atoms with E-state index >= 15 is 0 Å². The first-order valence-corrected chi connectivity index (χ1v) is 8.89. The summed E-state index contributed by atoms with van der Waals surface area (Å²) >= 11 is 9.78. The van der Waals surface area contributed by atoms with Gasteiger partial charge in [0.05, 0.1) is 6.21 Å². The van der Waals surface area contributed by atoms with Gasteiger partial charge in [-0.05, 0) is 17.7 Å². The van der Waals surface area contributed by atoms with E-state index in [1.54, 1.807) is 0 Å². The zero-order valence-electron chi connectivity index (χ0n) is 12.8. The Morgan fingerprint density at radius 3 is 2.43 bits per heavy atom. The fourth-order valence-corrected chi connectivity index (χ4v) is 3.18. The van der Waals surface area contributed by atoms with Crippen molar-refractivity contribution in [2.75, 3.05) is 26.2 Å². The van der Waals surface area contributed by atoms with E-state index in [1.807, 2.05) is 42.6 Å². The Balaban J connectivity index is 1.53. The third-order valence-corrected chi connectivity index (χ3v) is 5.06. The Labute approximate surface area is 150 Å². The monoisotopic (exact) mass is 391 g/mol. The molecule has 0 atom stereocenters. The van der Waals surface area contributed by atoms with E-state index in [0.29, 0.717) is 0 Å². The van der Waals surface area contributed by atoms with Crippen molar-refractivity contribution in [3.05, 3.63) is 69.2 Å². The summed E-state index contributed by atoms with van der Waals surface area (Å²) in [6.07, 6.45) is 1.92. The van der Waals surface area contributed by atoms with Crippen LogP contribution in [-0.4, -0.2) is 42.3 Å². The van der Waals surface area contributed by atoms with Crippen molar-refractivity contribution in [2.45, 2.75) is 6.54 Å². The predicted molar refractivity (Wildman–Crippen MR) is 100 cm³/mol.